The Labute approximate surface area is 302 Å². The third-order valence-electron chi connectivity index (χ3n) is 11.4. The van der Waals surface area contributed by atoms with E-state index in [9.17, 15) is 4.79 Å². The summed E-state index contributed by atoms with van der Waals surface area (Å²) in [4.78, 5) is 17.6. The van der Waals surface area contributed by atoms with Crippen LogP contribution >= 0.6 is 0 Å². The molecule has 4 N–H and O–H groups in total. The fraction of sp³-hybridized carbons (Fsp3) is 0.419. The Morgan fingerprint density at radius 3 is 1.59 bits per heavy atom. The molecule has 0 spiro atoms. The summed E-state index contributed by atoms with van der Waals surface area (Å²) in [6.07, 6.45) is 9.29. The van der Waals surface area contributed by atoms with Gasteiger partial charge in [0.25, 0.3) is 0 Å². The van der Waals surface area contributed by atoms with Crippen molar-refractivity contribution in [1.82, 2.24) is 30.2 Å². The number of hydrogen-bond donors (Lipinski definition) is 3. The van der Waals surface area contributed by atoms with E-state index in [0.29, 0.717) is 23.7 Å². The summed E-state index contributed by atoms with van der Waals surface area (Å²) in [5, 5.41) is 15.6. The van der Waals surface area contributed by atoms with Gasteiger partial charge in [0.05, 0.1) is 11.4 Å². The van der Waals surface area contributed by atoms with E-state index in [1.807, 2.05) is 30.3 Å². The Hall–Kier alpha value is -4.53. The minimum Gasteiger partial charge on any atom is -0.366 e. The molecule has 2 aliphatic rings. The van der Waals surface area contributed by atoms with Crippen LogP contribution in [-0.2, 0) is 13.1 Å². The van der Waals surface area contributed by atoms with E-state index in [1.54, 1.807) is 0 Å². The molecule has 0 aliphatic heterocycles. The Morgan fingerprint density at radius 1 is 0.647 bits per heavy atom. The lowest BCUT2D eigenvalue weighted by Crippen LogP contribution is -2.30. The largest absolute Gasteiger partial charge is 0.366 e. The summed E-state index contributed by atoms with van der Waals surface area (Å²) in [6, 6.07) is 31.3. The second kappa shape index (κ2) is 16.2. The molecule has 266 valence electrons. The number of benzene rings is 3. The number of amides is 1. The molecule has 0 bridgehead atoms. The van der Waals surface area contributed by atoms with Crippen LogP contribution in [0.15, 0.2) is 91.0 Å². The lowest BCUT2D eigenvalue weighted by Gasteiger charge is -2.36. The van der Waals surface area contributed by atoms with Crippen LogP contribution in [0.5, 0.6) is 0 Å². The van der Waals surface area contributed by atoms with E-state index < -0.39 is 0 Å². The van der Waals surface area contributed by atoms with E-state index in [-0.39, 0.29) is 5.91 Å². The zero-order valence-corrected chi connectivity index (χ0v) is 30.2. The average Bonchev–Trinajstić information content (AvgIpc) is 3.83. The summed E-state index contributed by atoms with van der Waals surface area (Å²) in [7, 11) is 4.43. The van der Waals surface area contributed by atoms with Crippen molar-refractivity contribution in [2.45, 2.75) is 76.3 Å². The predicted molar refractivity (Wildman–Crippen MR) is 205 cm³/mol. The van der Waals surface area contributed by atoms with Crippen LogP contribution in [0.2, 0.25) is 0 Å². The molecule has 0 unspecified atom stereocenters. The van der Waals surface area contributed by atoms with Gasteiger partial charge in [0.2, 0.25) is 5.91 Å². The van der Waals surface area contributed by atoms with Crippen molar-refractivity contribution in [3.8, 4) is 22.5 Å². The molecule has 2 heterocycles. The molecule has 2 saturated carbocycles. The van der Waals surface area contributed by atoms with Crippen LogP contribution in [0.1, 0.15) is 96.1 Å². The van der Waals surface area contributed by atoms with Gasteiger partial charge in [-0.1, -0.05) is 72.8 Å². The van der Waals surface area contributed by atoms with Gasteiger partial charge in [-0.05, 0) is 118 Å². The summed E-state index contributed by atoms with van der Waals surface area (Å²) in [5.41, 5.74) is 16.0. The molecule has 0 atom stereocenters. The van der Waals surface area contributed by atoms with Crippen molar-refractivity contribution in [1.29, 1.82) is 0 Å². The van der Waals surface area contributed by atoms with Gasteiger partial charge in [0.1, 0.15) is 0 Å². The summed E-state index contributed by atoms with van der Waals surface area (Å²) in [5.74, 6) is 1.91. The highest BCUT2D eigenvalue weighted by molar-refractivity contribution is 5.95. The first-order chi connectivity index (χ1) is 24.9. The molecule has 7 rings (SSSR count). The topological polar surface area (TPSA) is 107 Å². The van der Waals surface area contributed by atoms with Crippen LogP contribution in [0, 0.1) is 11.8 Å². The highest BCUT2D eigenvalue weighted by Gasteiger charge is 2.32. The smallest absolute Gasteiger partial charge is 0.248 e. The third-order valence-corrected chi connectivity index (χ3v) is 11.4. The van der Waals surface area contributed by atoms with Gasteiger partial charge in [-0.25, -0.2) is 0 Å². The van der Waals surface area contributed by atoms with Crippen LogP contribution in [0.3, 0.4) is 0 Å². The molecular weight excluding hydrogens is 631 g/mol. The molecule has 8 heteroatoms. The number of hydrogen-bond acceptors (Lipinski definition) is 5. The number of nitrogens with two attached hydrogens (primary N) is 1. The molecule has 3 aromatic carbocycles. The van der Waals surface area contributed by atoms with Crippen LogP contribution in [-0.4, -0.2) is 63.3 Å². The van der Waals surface area contributed by atoms with E-state index >= 15 is 0 Å². The maximum Gasteiger partial charge on any atom is 0.248 e. The first-order valence-electron chi connectivity index (χ1n) is 18.9. The lowest BCUT2D eigenvalue weighted by molar-refractivity contribution is 0.0998. The van der Waals surface area contributed by atoms with Crippen molar-refractivity contribution < 1.29 is 4.79 Å². The average molecular weight is 684 g/mol. The van der Waals surface area contributed by atoms with Crippen molar-refractivity contribution in [2.24, 2.45) is 17.6 Å². The first kappa shape index (κ1) is 34.9. The molecule has 0 saturated heterocycles. The van der Waals surface area contributed by atoms with Gasteiger partial charge in [0.15, 0.2) is 0 Å². The molecule has 2 fully saturated rings. The van der Waals surface area contributed by atoms with Crippen molar-refractivity contribution >= 4 is 5.91 Å². The zero-order valence-electron chi connectivity index (χ0n) is 30.2. The highest BCUT2D eigenvalue weighted by atomic mass is 16.1. The van der Waals surface area contributed by atoms with Crippen molar-refractivity contribution in [2.75, 3.05) is 27.2 Å². The van der Waals surface area contributed by atoms with Gasteiger partial charge in [-0.3, -0.25) is 15.0 Å². The summed E-state index contributed by atoms with van der Waals surface area (Å²) < 4.78 is 0. The van der Waals surface area contributed by atoms with Gasteiger partial charge in [-0.15, -0.1) is 0 Å². The number of H-pyrrole nitrogens is 2. The van der Waals surface area contributed by atoms with Gasteiger partial charge in [0, 0.05) is 54.3 Å². The van der Waals surface area contributed by atoms with Crippen LogP contribution < -0.4 is 5.73 Å². The SMILES string of the molecule is CN(Cc1cc(-c2ccccc2)n[nH]1)CC1CCC(c2cccc(C(N)=O)c2C2CCC(CN(C)Cc3cc(-c4ccccc4)n[nH]3)CC2)CC1. The molecule has 51 heavy (non-hydrogen) atoms. The molecule has 1 amide bonds. The van der Waals surface area contributed by atoms with E-state index in [1.165, 1.54) is 36.8 Å². The first-order valence-corrected chi connectivity index (χ1v) is 18.9. The highest BCUT2D eigenvalue weighted by Crippen LogP contribution is 2.44. The van der Waals surface area contributed by atoms with Gasteiger partial charge in [-0.2, -0.15) is 10.2 Å². The molecule has 2 aromatic heterocycles. The second-order valence-electron chi connectivity index (χ2n) is 15.3. The number of rotatable bonds is 13. The third kappa shape index (κ3) is 8.68. The van der Waals surface area contributed by atoms with E-state index in [4.69, 9.17) is 5.73 Å². The van der Waals surface area contributed by atoms with Crippen LogP contribution in [0.25, 0.3) is 22.5 Å². The molecular formula is C43H53N7O. The Bertz CT molecular complexity index is 1850. The minimum atomic E-state index is -0.285. The number of aromatic nitrogens is 4. The maximum absolute atomic E-state index is 12.8. The minimum absolute atomic E-state index is 0.285. The quantitative estimate of drug-likeness (QED) is 0.116. The Balaban J connectivity index is 0.918. The number of carbonyl (C=O) groups excluding carboxylic acids is 1. The van der Waals surface area contributed by atoms with Crippen LogP contribution in [0.4, 0.5) is 0 Å². The molecule has 5 aromatic rings. The number of nitrogens with one attached hydrogen (secondary N) is 2. The summed E-state index contributed by atoms with van der Waals surface area (Å²) >= 11 is 0. The van der Waals surface area contributed by atoms with Gasteiger partial charge >= 0.3 is 0 Å². The molecule has 8 nitrogen and oxygen atoms in total. The maximum atomic E-state index is 12.8. The number of nitrogens with zero attached hydrogens (tertiary/aromatic N) is 4. The second-order valence-corrected chi connectivity index (χ2v) is 15.3. The summed E-state index contributed by atoms with van der Waals surface area (Å²) in [6.45, 7) is 3.85. The molecule has 2 aliphatic carbocycles. The Kier molecular flexibility index (Phi) is 11.1. The van der Waals surface area contributed by atoms with E-state index in [2.05, 4.69) is 105 Å². The lowest BCUT2D eigenvalue weighted by atomic mass is 9.71. The van der Waals surface area contributed by atoms with Gasteiger partial charge < -0.3 is 15.5 Å². The Morgan fingerprint density at radius 2 is 1.12 bits per heavy atom. The monoisotopic (exact) mass is 683 g/mol. The predicted octanol–water partition coefficient (Wildman–Crippen LogP) is 8.38. The number of carbonyl (C=O) groups is 1. The fourth-order valence-electron chi connectivity index (χ4n) is 8.89. The fourth-order valence-corrected chi connectivity index (χ4v) is 8.89. The van der Waals surface area contributed by atoms with E-state index in [0.717, 1.165) is 91.3 Å². The number of primary amides is 1. The standard InChI is InChI=1S/C43H53N7O/c1-49(28-36-24-40(47-45-36)33-10-5-3-6-11-33)26-30-16-20-32(21-17-30)38-14-9-15-39(43(44)51)42(38)35-22-18-31(19-23-35)27-50(2)29-37-25-41(48-46-37)34-12-7-4-8-13-34/h3-15,24-25,30-32,35H,16-23,26-29H2,1-2H3,(H2,44,51)(H,45,47)(H,46,48). The number of aromatic amines is 2. The normalized spacial score (nSPS) is 20.9. The van der Waals surface area contributed by atoms with Crippen molar-refractivity contribution in [3.05, 3.63) is 119 Å². The zero-order chi connectivity index (χ0) is 35.2. The molecule has 0 radical (unpaired) electrons. The van der Waals surface area contributed by atoms with Crippen molar-refractivity contribution in [3.63, 3.8) is 0 Å².